The largest absolute Gasteiger partial charge is 0.336 e. The molecule has 1 amide bonds. The third-order valence-electron chi connectivity index (χ3n) is 4.85. The number of hydrogen-bond donors (Lipinski definition) is 1. The maximum absolute atomic E-state index is 12.7. The minimum absolute atomic E-state index is 0.0582. The number of hydrogen-bond acceptors (Lipinski definition) is 4. The molecule has 144 valence electrons. The third-order valence-corrected chi connectivity index (χ3v) is 5.42. The zero-order chi connectivity index (χ0) is 19.7. The number of aromatic nitrogens is 2. The van der Waals surface area contributed by atoms with Gasteiger partial charge in [-0.25, -0.2) is 4.98 Å². The first-order valence-electron chi connectivity index (χ1n) is 8.96. The second-order valence-corrected chi connectivity index (χ2v) is 7.57. The van der Waals surface area contributed by atoms with Crippen LogP contribution in [0.3, 0.4) is 0 Å². The first-order chi connectivity index (χ1) is 13.5. The molecule has 0 unspecified atom stereocenters. The fourth-order valence-corrected chi connectivity index (χ4v) is 3.74. The van der Waals surface area contributed by atoms with E-state index >= 15 is 0 Å². The summed E-state index contributed by atoms with van der Waals surface area (Å²) in [5, 5.41) is 1.53. The SMILES string of the molecule is O=C(c1ccccc1Cl)N1CCN(Cc2nc3cc(Cl)ccc3c(=O)[nH]2)CC1. The lowest BCUT2D eigenvalue weighted by Crippen LogP contribution is -2.48. The summed E-state index contributed by atoms with van der Waals surface area (Å²) in [5.41, 5.74) is 0.929. The fraction of sp³-hybridized carbons (Fsp3) is 0.250. The second kappa shape index (κ2) is 7.91. The lowest BCUT2D eigenvalue weighted by molar-refractivity contribution is 0.0625. The minimum Gasteiger partial charge on any atom is -0.336 e. The first kappa shape index (κ1) is 18.9. The lowest BCUT2D eigenvalue weighted by atomic mass is 10.2. The molecule has 8 heteroatoms. The van der Waals surface area contributed by atoms with Gasteiger partial charge in [0.2, 0.25) is 0 Å². The number of piperazine rings is 1. The highest BCUT2D eigenvalue weighted by Crippen LogP contribution is 2.19. The van der Waals surface area contributed by atoms with Crippen LogP contribution in [-0.2, 0) is 6.54 Å². The van der Waals surface area contributed by atoms with Crippen LogP contribution in [0.15, 0.2) is 47.3 Å². The molecule has 0 saturated carbocycles. The van der Waals surface area contributed by atoms with Crippen molar-refractivity contribution in [1.29, 1.82) is 0 Å². The number of nitrogens with one attached hydrogen (secondary N) is 1. The number of H-pyrrole nitrogens is 1. The molecule has 1 saturated heterocycles. The van der Waals surface area contributed by atoms with E-state index in [1.807, 2.05) is 12.1 Å². The van der Waals surface area contributed by atoms with Crippen molar-refractivity contribution in [2.75, 3.05) is 26.2 Å². The van der Waals surface area contributed by atoms with E-state index in [1.54, 1.807) is 35.2 Å². The van der Waals surface area contributed by atoms with Crippen molar-refractivity contribution in [2.45, 2.75) is 6.54 Å². The molecule has 28 heavy (non-hydrogen) atoms. The summed E-state index contributed by atoms with van der Waals surface area (Å²) in [6.07, 6.45) is 0. The molecule has 0 atom stereocenters. The maximum atomic E-state index is 12.7. The fourth-order valence-electron chi connectivity index (χ4n) is 3.36. The summed E-state index contributed by atoms with van der Waals surface area (Å²) in [7, 11) is 0. The van der Waals surface area contributed by atoms with Crippen molar-refractivity contribution < 1.29 is 4.79 Å². The van der Waals surface area contributed by atoms with Crippen LogP contribution in [0.2, 0.25) is 10.0 Å². The van der Waals surface area contributed by atoms with Gasteiger partial charge in [0.1, 0.15) is 5.82 Å². The number of halogens is 2. The Kier molecular flexibility index (Phi) is 5.35. The summed E-state index contributed by atoms with van der Waals surface area (Å²) in [5.74, 6) is 0.530. The van der Waals surface area contributed by atoms with Crippen molar-refractivity contribution in [3.63, 3.8) is 0 Å². The van der Waals surface area contributed by atoms with Crippen LogP contribution in [0.4, 0.5) is 0 Å². The number of nitrogens with zero attached hydrogens (tertiary/aromatic N) is 3. The van der Waals surface area contributed by atoms with Crippen LogP contribution in [0, 0.1) is 0 Å². The summed E-state index contributed by atoms with van der Waals surface area (Å²) in [6, 6.07) is 12.1. The molecule has 1 aliphatic heterocycles. The van der Waals surface area contributed by atoms with E-state index in [9.17, 15) is 9.59 Å². The Morgan fingerprint density at radius 1 is 1.07 bits per heavy atom. The zero-order valence-corrected chi connectivity index (χ0v) is 16.5. The molecule has 0 aliphatic carbocycles. The molecule has 2 heterocycles. The number of carbonyl (C=O) groups is 1. The summed E-state index contributed by atoms with van der Waals surface area (Å²) in [6.45, 7) is 3.06. The van der Waals surface area contributed by atoms with E-state index in [1.165, 1.54) is 0 Å². The van der Waals surface area contributed by atoms with E-state index in [0.717, 1.165) is 0 Å². The molecule has 0 spiro atoms. The van der Waals surface area contributed by atoms with Gasteiger partial charge in [0, 0.05) is 31.2 Å². The highest BCUT2D eigenvalue weighted by Gasteiger charge is 2.24. The van der Waals surface area contributed by atoms with Gasteiger partial charge >= 0.3 is 0 Å². The van der Waals surface area contributed by atoms with Crippen LogP contribution in [0.25, 0.3) is 10.9 Å². The molecule has 6 nitrogen and oxygen atoms in total. The average Bonchev–Trinajstić information content (AvgIpc) is 2.68. The van der Waals surface area contributed by atoms with Gasteiger partial charge in [0.05, 0.1) is 28.0 Å². The number of carbonyl (C=O) groups excluding carboxylic acids is 1. The molecule has 4 rings (SSSR count). The molecule has 1 fully saturated rings. The van der Waals surface area contributed by atoms with Gasteiger partial charge in [-0.05, 0) is 30.3 Å². The van der Waals surface area contributed by atoms with E-state index in [-0.39, 0.29) is 11.5 Å². The Hall–Kier alpha value is -2.41. The predicted molar refractivity (Wildman–Crippen MR) is 110 cm³/mol. The highest BCUT2D eigenvalue weighted by molar-refractivity contribution is 6.33. The number of amides is 1. The van der Waals surface area contributed by atoms with Gasteiger partial charge in [0.25, 0.3) is 11.5 Å². The number of aromatic amines is 1. The summed E-state index contributed by atoms with van der Waals surface area (Å²) in [4.78, 5) is 36.2. The quantitative estimate of drug-likeness (QED) is 0.711. The van der Waals surface area contributed by atoms with Crippen molar-refractivity contribution in [3.8, 4) is 0 Å². The Bertz CT molecular complexity index is 1090. The van der Waals surface area contributed by atoms with E-state index in [0.29, 0.717) is 65.1 Å². The molecule has 0 radical (unpaired) electrons. The van der Waals surface area contributed by atoms with Gasteiger partial charge < -0.3 is 9.88 Å². The van der Waals surface area contributed by atoms with Crippen LogP contribution in [0.1, 0.15) is 16.2 Å². The van der Waals surface area contributed by atoms with Crippen LogP contribution < -0.4 is 5.56 Å². The minimum atomic E-state index is -0.177. The van der Waals surface area contributed by atoms with Gasteiger partial charge in [-0.3, -0.25) is 14.5 Å². The Balaban J connectivity index is 1.43. The van der Waals surface area contributed by atoms with Crippen LogP contribution >= 0.6 is 23.2 Å². The molecule has 1 aromatic heterocycles. The predicted octanol–water partition coefficient (Wildman–Crippen LogP) is 3.19. The first-order valence-corrected chi connectivity index (χ1v) is 9.71. The van der Waals surface area contributed by atoms with Crippen molar-refractivity contribution >= 4 is 40.0 Å². The number of rotatable bonds is 3. The molecule has 1 N–H and O–H groups in total. The molecule has 0 bridgehead atoms. The maximum Gasteiger partial charge on any atom is 0.258 e. The number of fused-ring (bicyclic) bond motifs is 1. The molecular weight excluding hydrogens is 399 g/mol. The Labute approximate surface area is 171 Å². The van der Waals surface area contributed by atoms with E-state index < -0.39 is 0 Å². The average molecular weight is 417 g/mol. The third kappa shape index (κ3) is 3.90. The van der Waals surface area contributed by atoms with Crippen molar-refractivity contribution in [3.05, 3.63) is 74.3 Å². The van der Waals surface area contributed by atoms with Crippen molar-refractivity contribution in [1.82, 2.24) is 19.8 Å². The summed E-state index contributed by atoms with van der Waals surface area (Å²) >= 11 is 12.2. The molecular formula is C20H18Cl2N4O2. The van der Waals surface area contributed by atoms with Gasteiger partial charge in [-0.2, -0.15) is 0 Å². The zero-order valence-electron chi connectivity index (χ0n) is 15.0. The normalized spacial score (nSPS) is 15.1. The smallest absolute Gasteiger partial charge is 0.258 e. The molecule has 3 aromatic rings. The van der Waals surface area contributed by atoms with Gasteiger partial charge in [0.15, 0.2) is 0 Å². The molecule has 1 aliphatic rings. The summed E-state index contributed by atoms with van der Waals surface area (Å²) < 4.78 is 0. The molecule has 2 aromatic carbocycles. The second-order valence-electron chi connectivity index (χ2n) is 6.72. The van der Waals surface area contributed by atoms with Gasteiger partial charge in [-0.15, -0.1) is 0 Å². The topological polar surface area (TPSA) is 69.3 Å². The standard InChI is InChI=1S/C20H18Cl2N4O2/c21-13-5-6-15-17(11-13)23-18(24-19(15)27)12-25-7-9-26(10-8-25)20(28)14-3-1-2-4-16(14)22/h1-6,11H,7-10,12H2,(H,23,24,27). The highest BCUT2D eigenvalue weighted by atomic mass is 35.5. The van der Waals surface area contributed by atoms with Crippen LogP contribution in [0.5, 0.6) is 0 Å². The number of benzene rings is 2. The monoisotopic (exact) mass is 416 g/mol. The lowest BCUT2D eigenvalue weighted by Gasteiger charge is -2.34. The van der Waals surface area contributed by atoms with Crippen molar-refractivity contribution in [2.24, 2.45) is 0 Å². The Morgan fingerprint density at radius 3 is 2.57 bits per heavy atom. The van der Waals surface area contributed by atoms with Gasteiger partial charge in [-0.1, -0.05) is 35.3 Å². The van der Waals surface area contributed by atoms with E-state index in [2.05, 4.69) is 14.9 Å². The van der Waals surface area contributed by atoms with Crippen LogP contribution in [-0.4, -0.2) is 51.9 Å². The Morgan fingerprint density at radius 2 is 1.82 bits per heavy atom. The van der Waals surface area contributed by atoms with E-state index in [4.69, 9.17) is 23.2 Å².